The van der Waals surface area contributed by atoms with Crippen molar-refractivity contribution in [2.75, 3.05) is 13.2 Å². The number of para-hydroxylation sites is 1. The van der Waals surface area contributed by atoms with Gasteiger partial charge in [0.05, 0.1) is 18.3 Å². The van der Waals surface area contributed by atoms with E-state index < -0.39 is 34.8 Å². The Hall–Kier alpha value is -3.31. The van der Waals surface area contributed by atoms with Crippen molar-refractivity contribution < 1.29 is 46.4 Å². The second-order valence-corrected chi connectivity index (χ2v) is 7.65. The summed E-state index contributed by atoms with van der Waals surface area (Å²) in [5.41, 5.74) is -1.06. The van der Waals surface area contributed by atoms with Crippen molar-refractivity contribution in [3.8, 4) is 23.1 Å². The van der Waals surface area contributed by atoms with Crippen LogP contribution in [0.15, 0.2) is 43.1 Å². The molecule has 0 aliphatic carbocycles. The number of rotatable bonds is 11. The molecule has 0 bridgehead atoms. The first-order valence-electron chi connectivity index (χ1n) is 10.2. The molecule has 35 heavy (non-hydrogen) atoms. The maximum absolute atomic E-state index is 12.9. The van der Waals surface area contributed by atoms with E-state index in [2.05, 4.69) is 11.6 Å². The highest BCUT2D eigenvalue weighted by atomic mass is 35.5. The first-order valence-corrected chi connectivity index (χ1v) is 10.6. The Morgan fingerprint density at radius 3 is 2.46 bits per heavy atom. The minimum absolute atomic E-state index is 0.00225. The molecule has 0 fully saturated rings. The summed E-state index contributed by atoms with van der Waals surface area (Å²) in [6, 6.07) is 4.92. The zero-order chi connectivity index (χ0) is 26.2. The lowest BCUT2D eigenvalue weighted by molar-refractivity contribution is -0.152. The third-order valence-electron chi connectivity index (χ3n) is 4.03. The van der Waals surface area contributed by atoms with Gasteiger partial charge in [-0.1, -0.05) is 24.2 Å². The molecule has 0 amide bonds. The Labute approximate surface area is 204 Å². The fourth-order valence-electron chi connectivity index (χ4n) is 2.53. The van der Waals surface area contributed by atoms with Crippen molar-refractivity contribution >= 4 is 23.5 Å². The second-order valence-electron chi connectivity index (χ2n) is 7.24. The third-order valence-corrected chi connectivity index (χ3v) is 4.30. The van der Waals surface area contributed by atoms with Gasteiger partial charge in [-0.3, -0.25) is 4.79 Å². The zero-order valence-corrected chi connectivity index (χ0v) is 19.8. The average Bonchev–Trinajstić information content (AvgIpc) is 2.77. The molecule has 0 saturated carbocycles. The highest BCUT2D eigenvalue weighted by Gasteiger charge is 2.32. The summed E-state index contributed by atoms with van der Waals surface area (Å²) in [5.74, 6) is -2.13. The van der Waals surface area contributed by atoms with Crippen LogP contribution in [0.5, 0.6) is 23.1 Å². The smallest absolute Gasteiger partial charge is 0.417 e. The van der Waals surface area contributed by atoms with Crippen molar-refractivity contribution in [1.82, 2.24) is 4.98 Å². The summed E-state index contributed by atoms with van der Waals surface area (Å²) in [7, 11) is 0. The predicted octanol–water partition coefficient (Wildman–Crippen LogP) is 5.37. The number of esters is 2. The average molecular weight is 518 g/mol. The summed E-state index contributed by atoms with van der Waals surface area (Å²) in [5, 5.41) is -0.423. The van der Waals surface area contributed by atoms with Gasteiger partial charge in [0, 0.05) is 19.2 Å². The SMILES string of the molecule is C=CC(=O)Oc1c(OCC(COC(C)C)OC(C)=O)cccc1Oc1ncc(C(F)(F)F)cc1Cl. The van der Waals surface area contributed by atoms with Gasteiger partial charge in [-0.2, -0.15) is 13.2 Å². The van der Waals surface area contributed by atoms with Gasteiger partial charge in [-0.15, -0.1) is 0 Å². The van der Waals surface area contributed by atoms with E-state index in [9.17, 15) is 22.8 Å². The van der Waals surface area contributed by atoms with E-state index in [1.807, 2.05) is 0 Å². The van der Waals surface area contributed by atoms with E-state index in [-0.39, 0.29) is 42.4 Å². The number of pyridine rings is 1. The molecule has 1 aromatic carbocycles. The van der Waals surface area contributed by atoms with E-state index in [0.29, 0.717) is 12.3 Å². The number of halogens is 4. The van der Waals surface area contributed by atoms with Gasteiger partial charge in [-0.05, 0) is 32.0 Å². The lowest BCUT2D eigenvalue weighted by atomic mass is 10.2. The Morgan fingerprint density at radius 2 is 1.89 bits per heavy atom. The Kier molecular flexibility index (Phi) is 9.90. The number of carbonyl (C=O) groups is 2. The quantitative estimate of drug-likeness (QED) is 0.223. The van der Waals surface area contributed by atoms with Gasteiger partial charge in [0.15, 0.2) is 17.6 Å². The standard InChI is InChI=1S/C23H23ClF3NO7/c1-5-20(30)35-21-18(32-12-16(33-14(4)29)11-31-13(2)3)7-6-8-19(21)34-22-17(24)9-15(10-28-22)23(25,26)27/h5-10,13,16H,1,11-12H2,2-4H3. The molecule has 0 spiro atoms. The van der Waals surface area contributed by atoms with E-state index in [0.717, 1.165) is 6.08 Å². The molecule has 8 nitrogen and oxygen atoms in total. The number of hydrogen-bond acceptors (Lipinski definition) is 8. The Bertz CT molecular complexity index is 1060. The number of ether oxygens (including phenoxy) is 5. The van der Waals surface area contributed by atoms with Crippen LogP contribution in [0.2, 0.25) is 5.02 Å². The number of alkyl halides is 3. The van der Waals surface area contributed by atoms with E-state index in [1.54, 1.807) is 13.8 Å². The number of aromatic nitrogens is 1. The third kappa shape index (κ3) is 8.76. The minimum Gasteiger partial charge on any atom is -0.486 e. The number of hydrogen-bond donors (Lipinski definition) is 0. The largest absolute Gasteiger partial charge is 0.486 e. The molecule has 1 heterocycles. The van der Waals surface area contributed by atoms with Gasteiger partial charge in [-0.25, -0.2) is 9.78 Å². The number of carbonyl (C=O) groups excluding carboxylic acids is 2. The fraction of sp³-hybridized carbons (Fsp3) is 0.348. The molecule has 1 unspecified atom stereocenters. The van der Waals surface area contributed by atoms with Crippen molar-refractivity contribution in [2.24, 2.45) is 0 Å². The Balaban J connectivity index is 2.34. The lowest BCUT2D eigenvalue weighted by Crippen LogP contribution is -2.30. The first kappa shape index (κ1) is 27.9. The maximum Gasteiger partial charge on any atom is 0.417 e. The van der Waals surface area contributed by atoms with Gasteiger partial charge in [0.1, 0.15) is 11.6 Å². The maximum atomic E-state index is 12.9. The van der Waals surface area contributed by atoms with E-state index >= 15 is 0 Å². The zero-order valence-electron chi connectivity index (χ0n) is 19.1. The fourth-order valence-corrected chi connectivity index (χ4v) is 2.73. The van der Waals surface area contributed by atoms with Crippen molar-refractivity contribution in [2.45, 2.75) is 39.2 Å². The first-order chi connectivity index (χ1) is 16.4. The number of nitrogens with zero attached hydrogens (tertiary/aromatic N) is 1. The Morgan fingerprint density at radius 1 is 1.20 bits per heavy atom. The van der Waals surface area contributed by atoms with Crippen LogP contribution in [0.1, 0.15) is 26.3 Å². The molecule has 0 aliphatic heterocycles. The molecule has 190 valence electrons. The summed E-state index contributed by atoms with van der Waals surface area (Å²) >= 11 is 5.92. The van der Waals surface area contributed by atoms with Crippen LogP contribution >= 0.6 is 11.6 Å². The van der Waals surface area contributed by atoms with Crippen molar-refractivity contribution in [3.05, 3.63) is 53.7 Å². The molecular formula is C23H23ClF3NO7. The van der Waals surface area contributed by atoms with Crippen molar-refractivity contribution in [1.29, 1.82) is 0 Å². The van der Waals surface area contributed by atoms with Crippen LogP contribution in [0.3, 0.4) is 0 Å². The highest BCUT2D eigenvalue weighted by molar-refractivity contribution is 6.31. The molecule has 2 rings (SSSR count). The van der Waals surface area contributed by atoms with Crippen LogP contribution in [-0.2, 0) is 25.2 Å². The van der Waals surface area contributed by atoms with Crippen LogP contribution in [0.4, 0.5) is 13.2 Å². The van der Waals surface area contributed by atoms with Gasteiger partial charge in [0.2, 0.25) is 11.6 Å². The van der Waals surface area contributed by atoms with Crippen molar-refractivity contribution in [3.63, 3.8) is 0 Å². The van der Waals surface area contributed by atoms with E-state index in [4.69, 9.17) is 35.3 Å². The molecule has 0 radical (unpaired) electrons. The molecule has 2 aromatic rings. The molecule has 1 aromatic heterocycles. The topological polar surface area (TPSA) is 93.2 Å². The number of benzene rings is 1. The van der Waals surface area contributed by atoms with Gasteiger partial charge < -0.3 is 23.7 Å². The normalized spacial score (nSPS) is 12.1. The summed E-state index contributed by atoms with van der Waals surface area (Å²) in [4.78, 5) is 26.9. The van der Waals surface area contributed by atoms with Crippen LogP contribution < -0.4 is 14.2 Å². The highest BCUT2D eigenvalue weighted by Crippen LogP contribution is 2.41. The van der Waals surface area contributed by atoms with Crippen LogP contribution in [0.25, 0.3) is 0 Å². The monoisotopic (exact) mass is 517 g/mol. The van der Waals surface area contributed by atoms with Gasteiger partial charge in [0.25, 0.3) is 0 Å². The molecule has 12 heteroatoms. The lowest BCUT2D eigenvalue weighted by Gasteiger charge is -2.20. The second kappa shape index (κ2) is 12.4. The van der Waals surface area contributed by atoms with Crippen LogP contribution in [0, 0.1) is 0 Å². The predicted molar refractivity (Wildman–Crippen MR) is 119 cm³/mol. The summed E-state index contributed by atoms with van der Waals surface area (Å²) in [6.07, 6.45) is -4.12. The molecule has 0 saturated heterocycles. The minimum atomic E-state index is -4.65. The molecule has 0 N–H and O–H groups in total. The summed E-state index contributed by atoms with van der Waals surface area (Å²) < 4.78 is 65.8. The molecule has 1 atom stereocenters. The molecule has 0 aliphatic rings. The van der Waals surface area contributed by atoms with E-state index in [1.165, 1.54) is 25.1 Å². The molecular weight excluding hydrogens is 495 g/mol. The van der Waals surface area contributed by atoms with Gasteiger partial charge >= 0.3 is 18.1 Å². The summed E-state index contributed by atoms with van der Waals surface area (Å²) in [6.45, 7) is 8.04. The van der Waals surface area contributed by atoms with Crippen LogP contribution in [-0.4, -0.2) is 42.3 Å².